The number of aromatic nitrogens is 3. The number of hydrogen-bond donors (Lipinski definition) is 0. The van der Waals surface area contributed by atoms with Crippen LogP contribution < -0.4 is 0 Å². The monoisotopic (exact) mass is 409 g/mol. The smallest absolute Gasteiger partial charge is 0.339 e. The fourth-order valence-corrected chi connectivity index (χ4v) is 3.29. The van der Waals surface area contributed by atoms with Crippen LogP contribution in [-0.4, -0.2) is 62.6 Å². The summed E-state index contributed by atoms with van der Waals surface area (Å²) >= 11 is 0. The highest BCUT2D eigenvalue weighted by atomic mass is 19.4. The van der Waals surface area contributed by atoms with E-state index in [0.717, 1.165) is 10.9 Å². The number of alkyl halides is 3. The molecule has 10 heteroatoms. The first-order chi connectivity index (χ1) is 13.7. The lowest BCUT2D eigenvalue weighted by Gasteiger charge is -2.34. The minimum atomic E-state index is -4.69. The zero-order valence-corrected chi connectivity index (χ0v) is 16.2. The molecule has 1 saturated heterocycles. The molecule has 0 unspecified atom stereocenters. The van der Waals surface area contributed by atoms with Crippen LogP contribution in [0.4, 0.5) is 13.2 Å². The standard InChI is InChI=1S/C19H22F3N5O2/c1-13(2)27-17(19(20,21)22)15(12-24-27)18(29)26-9-7-25(8-10-26)16(28)11-14-5-3-4-6-23-14/h3-6,12-13H,7-11H2,1-2H3. The van der Waals surface area contributed by atoms with Crippen LogP contribution in [0.15, 0.2) is 30.6 Å². The molecule has 0 N–H and O–H groups in total. The van der Waals surface area contributed by atoms with Gasteiger partial charge in [-0.1, -0.05) is 6.07 Å². The second-order valence-corrected chi connectivity index (χ2v) is 7.11. The highest BCUT2D eigenvalue weighted by Gasteiger charge is 2.41. The number of carbonyl (C=O) groups is 2. The van der Waals surface area contributed by atoms with Gasteiger partial charge in [-0.05, 0) is 26.0 Å². The van der Waals surface area contributed by atoms with Gasteiger partial charge in [-0.15, -0.1) is 0 Å². The highest BCUT2D eigenvalue weighted by molar-refractivity contribution is 5.95. The fourth-order valence-electron chi connectivity index (χ4n) is 3.29. The number of rotatable bonds is 4. The van der Waals surface area contributed by atoms with E-state index in [-0.39, 0.29) is 38.5 Å². The van der Waals surface area contributed by atoms with Crippen molar-refractivity contribution in [2.75, 3.05) is 26.2 Å². The number of pyridine rings is 1. The number of carbonyl (C=O) groups excluding carboxylic acids is 2. The van der Waals surface area contributed by atoms with Crippen LogP contribution >= 0.6 is 0 Å². The Morgan fingerprint density at radius 1 is 1.10 bits per heavy atom. The Labute approximate surface area is 166 Å². The van der Waals surface area contributed by atoms with E-state index in [2.05, 4.69) is 10.1 Å². The molecule has 0 radical (unpaired) electrons. The van der Waals surface area contributed by atoms with Crippen LogP contribution in [0.5, 0.6) is 0 Å². The van der Waals surface area contributed by atoms with Crippen molar-refractivity contribution in [2.45, 2.75) is 32.5 Å². The molecule has 2 amide bonds. The summed E-state index contributed by atoms with van der Waals surface area (Å²) in [5, 5.41) is 3.77. The van der Waals surface area contributed by atoms with E-state index in [4.69, 9.17) is 0 Å². The van der Waals surface area contributed by atoms with E-state index >= 15 is 0 Å². The molecular weight excluding hydrogens is 387 g/mol. The quantitative estimate of drug-likeness (QED) is 0.778. The summed E-state index contributed by atoms with van der Waals surface area (Å²) < 4.78 is 41.4. The average molecular weight is 409 g/mol. The van der Waals surface area contributed by atoms with Crippen molar-refractivity contribution < 1.29 is 22.8 Å². The first-order valence-corrected chi connectivity index (χ1v) is 9.30. The van der Waals surface area contributed by atoms with Crippen molar-refractivity contribution in [3.05, 3.63) is 47.5 Å². The Balaban J connectivity index is 1.67. The lowest BCUT2D eigenvalue weighted by molar-refractivity contribution is -0.145. The first kappa shape index (κ1) is 20.8. The Bertz CT molecular complexity index is 872. The van der Waals surface area contributed by atoms with Gasteiger partial charge in [-0.25, -0.2) is 0 Å². The highest BCUT2D eigenvalue weighted by Crippen LogP contribution is 2.34. The van der Waals surface area contributed by atoms with Gasteiger partial charge < -0.3 is 9.80 Å². The van der Waals surface area contributed by atoms with Crippen LogP contribution in [0.2, 0.25) is 0 Å². The van der Waals surface area contributed by atoms with Gasteiger partial charge in [-0.2, -0.15) is 18.3 Å². The Hall–Kier alpha value is -2.91. The molecule has 3 heterocycles. The SMILES string of the molecule is CC(C)n1ncc(C(=O)N2CCN(C(=O)Cc3ccccn3)CC2)c1C(F)(F)F. The minimum absolute atomic E-state index is 0.126. The van der Waals surface area contributed by atoms with Crippen LogP contribution in [0.1, 0.15) is 41.6 Å². The largest absolute Gasteiger partial charge is 0.433 e. The van der Waals surface area contributed by atoms with Gasteiger partial charge in [0.2, 0.25) is 5.91 Å². The lowest BCUT2D eigenvalue weighted by Crippen LogP contribution is -2.51. The predicted octanol–water partition coefficient (Wildman–Crippen LogP) is 2.40. The topological polar surface area (TPSA) is 71.3 Å². The molecule has 156 valence electrons. The summed E-state index contributed by atoms with van der Waals surface area (Å²) in [4.78, 5) is 32.2. The van der Waals surface area contributed by atoms with Crippen molar-refractivity contribution in [1.29, 1.82) is 0 Å². The van der Waals surface area contributed by atoms with Crippen LogP contribution in [-0.2, 0) is 17.4 Å². The second kappa shape index (κ2) is 8.22. The third-order valence-electron chi connectivity index (χ3n) is 4.76. The molecule has 7 nitrogen and oxygen atoms in total. The minimum Gasteiger partial charge on any atom is -0.339 e. The zero-order valence-electron chi connectivity index (χ0n) is 16.2. The molecule has 1 fully saturated rings. The number of amides is 2. The molecule has 29 heavy (non-hydrogen) atoms. The Morgan fingerprint density at radius 2 is 1.76 bits per heavy atom. The third kappa shape index (κ3) is 4.57. The number of hydrogen-bond acceptors (Lipinski definition) is 4. The Morgan fingerprint density at radius 3 is 2.31 bits per heavy atom. The van der Waals surface area contributed by atoms with E-state index in [1.807, 2.05) is 0 Å². The molecular formula is C19H22F3N5O2. The second-order valence-electron chi connectivity index (χ2n) is 7.11. The van der Waals surface area contributed by atoms with Gasteiger partial charge in [0.15, 0.2) is 5.69 Å². The maximum Gasteiger partial charge on any atom is 0.433 e. The van der Waals surface area contributed by atoms with Crippen LogP contribution in [0, 0.1) is 0 Å². The van der Waals surface area contributed by atoms with Gasteiger partial charge >= 0.3 is 6.18 Å². The summed E-state index contributed by atoms with van der Waals surface area (Å²) in [6.07, 6.45) is -1.96. The molecule has 0 atom stereocenters. The van der Waals surface area contributed by atoms with Gasteiger partial charge in [0.05, 0.1) is 18.2 Å². The van der Waals surface area contributed by atoms with Crippen molar-refractivity contribution in [3.63, 3.8) is 0 Å². The van der Waals surface area contributed by atoms with E-state index in [1.165, 1.54) is 4.90 Å². The molecule has 0 aliphatic carbocycles. The van der Waals surface area contributed by atoms with Gasteiger partial charge in [0.1, 0.15) is 0 Å². The normalized spacial score (nSPS) is 15.1. The van der Waals surface area contributed by atoms with Gasteiger partial charge in [0.25, 0.3) is 5.91 Å². The summed E-state index contributed by atoms with van der Waals surface area (Å²) in [6.45, 7) is 3.99. The molecule has 2 aromatic heterocycles. The van der Waals surface area contributed by atoms with E-state index in [1.54, 1.807) is 43.1 Å². The van der Waals surface area contributed by atoms with E-state index in [0.29, 0.717) is 5.69 Å². The van der Waals surface area contributed by atoms with E-state index in [9.17, 15) is 22.8 Å². The van der Waals surface area contributed by atoms with Crippen LogP contribution in [0.3, 0.4) is 0 Å². The fraction of sp³-hybridized carbons (Fsp3) is 0.474. The molecule has 0 bridgehead atoms. The number of nitrogens with zero attached hydrogens (tertiary/aromatic N) is 5. The molecule has 1 aliphatic rings. The van der Waals surface area contributed by atoms with Crippen molar-refractivity contribution in [2.24, 2.45) is 0 Å². The Kier molecular flexibility index (Phi) is 5.90. The zero-order chi connectivity index (χ0) is 21.2. The molecule has 2 aromatic rings. The molecule has 0 spiro atoms. The van der Waals surface area contributed by atoms with Crippen molar-refractivity contribution in [1.82, 2.24) is 24.6 Å². The number of halogens is 3. The summed E-state index contributed by atoms with van der Waals surface area (Å²) in [7, 11) is 0. The van der Waals surface area contributed by atoms with Gasteiger partial charge in [-0.3, -0.25) is 19.3 Å². The molecule has 0 aromatic carbocycles. The van der Waals surface area contributed by atoms with Crippen molar-refractivity contribution in [3.8, 4) is 0 Å². The first-order valence-electron chi connectivity index (χ1n) is 9.30. The van der Waals surface area contributed by atoms with Crippen molar-refractivity contribution >= 4 is 11.8 Å². The predicted molar refractivity (Wildman–Crippen MR) is 98.0 cm³/mol. The molecule has 3 rings (SSSR count). The third-order valence-corrected chi connectivity index (χ3v) is 4.76. The maximum atomic E-state index is 13.5. The van der Waals surface area contributed by atoms with E-state index < -0.39 is 29.4 Å². The van der Waals surface area contributed by atoms with Gasteiger partial charge in [0, 0.05) is 44.1 Å². The number of piperazine rings is 1. The van der Waals surface area contributed by atoms with Crippen LogP contribution in [0.25, 0.3) is 0 Å². The summed E-state index contributed by atoms with van der Waals surface area (Å²) in [6, 6.07) is 4.77. The molecule has 0 saturated carbocycles. The lowest BCUT2D eigenvalue weighted by atomic mass is 10.1. The summed E-state index contributed by atoms with van der Waals surface area (Å²) in [5.41, 5.74) is -0.849. The summed E-state index contributed by atoms with van der Waals surface area (Å²) in [5.74, 6) is -0.847. The molecule has 1 aliphatic heterocycles. The maximum absolute atomic E-state index is 13.5. The average Bonchev–Trinajstić information content (AvgIpc) is 3.14.